The summed E-state index contributed by atoms with van der Waals surface area (Å²) in [7, 11) is 0. The van der Waals surface area contributed by atoms with Gasteiger partial charge in [-0.1, -0.05) is 29.8 Å². The highest BCUT2D eigenvalue weighted by molar-refractivity contribution is 9.10. The summed E-state index contributed by atoms with van der Waals surface area (Å²) < 4.78 is 8.05. The largest absolute Gasteiger partial charge is 0.451 e. The van der Waals surface area contributed by atoms with Gasteiger partial charge in [-0.15, -0.1) is 0 Å². The van der Waals surface area contributed by atoms with E-state index in [9.17, 15) is 14.9 Å². The van der Waals surface area contributed by atoms with Crippen molar-refractivity contribution >= 4 is 39.6 Å². The Balaban J connectivity index is 2.04. The third-order valence-corrected chi connectivity index (χ3v) is 4.79. The molecule has 0 aliphatic carbocycles. The Kier molecular flexibility index (Phi) is 7.80. The third kappa shape index (κ3) is 6.33. The van der Waals surface area contributed by atoms with E-state index < -0.39 is 18.5 Å². The highest BCUT2D eigenvalue weighted by Gasteiger charge is 2.16. The molecule has 1 aromatic carbocycles. The van der Waals surface area contributed by atoms with Crippen molar-refractivity contribution < 1.29 is 14.3 Å². The van der Waals surface area contributed by atoms with Crippen molar-refractivity contribution in [3.63, 3.8) is 0 Å². The monoisotopic (exact) mass is 457 g/mol. The fourth-order valence-corrected chi connectivity index (χ4v) is 3.12. The molecule has 1 amide bonds. The maximum atomic E-state index is 12.3. The second-order valence-electron chi connectivity index (χ2n) is 7.13. The first kappa shape index (κ1) is 22.4. The van der Waals surface area contributed by atoms with Crippen LogP contribution in [0.15, 0.2) is 40.4 Å². The molecule has 2 aromatic rings. The zero-order valence-corrected chi connectivity index (χ0v) is 18.5. The van der Waals surface area contributed by atoms with Gasteiger partial charge in [-0.2, -0.15) is 5.26 Å². The molecule has 1 aromatic heterocycles. The topological polar surface area (TPSA) is 84.1 Å². The van der Waals surface area contributed by atoms with Crippen molar-refractivity contribution in [2.75, 3.05) is 11.9 Å². The minimum atomic E-state index is -0.827. The number of aromatic nitrogens is 1. The van der Waals surface area contributed by atoms with Gasteiger partial charge in [0, 0.05) is 28.1 Å². The van der Waals surface area contributed by atoms with E-state index in [1.807, 2.05) is 26.0 Å². The van der Waals surface area contributed by atoms with E-state index in [0.29, 0.717) is 11.6 Å². The van der Waals surface area contributed by atoms with E-state index in [1.165, 1.54) is 6.08 Å². The fourth-order valence-electron chi connectivity index (χ4n) is 2.85. The van der Waals surface area contributed by atoms with E-state index >= 15 is 0 Å². The minimum absolute atomic E-state index is 0.147. The normalized spacial score (nSPS) is 11.3. The molecule has 6 nitrogen and oxygen atoms in total. The number of hydrogen-bond donors (Lipinski definition) is 1. The Morgan fingerprint density at radius 3 is 2.52 bits per heavy atom. The van der Waals surface area contributed by atoms with Gasteiger partial charge < -0.3 is 14.6 Å². The number of nitrogens with zero attached hydrogens (tertiary/aromatic N) is 2. The molecule has 0 fully saturated rings. The average molecular weight is 458 g/mol. The molecule has 0 saturated carbocycles. The zero-order chi connectivity index (χ0) is 21.6. The van der Waals surface area contributed by atoms with Gasteiger partial charge in [0.2, 0.25) is 0 Å². The van der Waals surface area contributed by atoms with Gasteiger partial charge in [-0.3, -0.25) is 4.79 Å². The molecule has 0 bridgehead atoms. The van der Waals surface area contributed by atoms with Crippen molar-refractivity contribution in [3.05, 3.63) is 57.3 Å². The van der Waals surface area contributed by atoms with Crippen LogP contribution in [0.5, 0.6) is 0 Å². The molecule has 0 atom stereocenters. The number of esters is 1. The third-order valence-electron chi connectivity index (χ3n) is 4.26. The van der Waals surface area contributed by atoms with Gasteiger partial charge in [0.25, 0.3) is 5.91 Å². The molecule has 1 N–H and O–H groups in total. The Hall–Kier alpha value is -2.85. The summed E-state index contributed by atoms with van der Waals surface area (Å²) in [6.45, 7) is 8.59. The van der Waals surface area contributed by atoms with Gasteiger partial charge in [-0.05, 0) is 61.7 Å². The number of ether oxygens (including phenoxy) is 1. The molecule has 1 heterocycles. The van der Waals surface area contributed by atoms with Crippen LogP contribution in [0.1, 0.15) is 30.8 Å². The standard InChI is InChI=1S/C22H24BrN3O3/c1-14(2)12-26-15(3)9-17(16(26)4)10-18(11-24)22(28)29-13-21(27)25-20-7-5-19(23)6-8-20/h5-10,14H,12-13H2,1-4H3,(H,25,27). The number of nitriles is 1. The molecule has 0 radical (unpaired) electrons. The van der Waals surface area contributed by atoms with Gasteiger partial charge in [0.05, 0.1) is 0 Å². The number of benzene rings is 1. The van der Waals surface area contributed by atoms with Crippen LogP contribution < -0.4 is 5.32 Å². The Morgan fingerprint density at radius 2 is 1.93 bits per heavy atom. The first-order valence-corrected chi connectivity index (χ1v) is 10.0. The van der Waals surface area contributed by atoms with Gasteiger partial charge in [-0.25, -0.2) is 4.79 Å². The lowest BCUT2D eigenvalue weighted by molar-refractivity contribution is -0.142. The van der Waals surface area contributed by atoms with Crippen LogP contribution in [0.2, 0.25) is 0 Å². The maximum absolute atomic E-state index is 12.3. The van der Waals surface area contributed by atoms with Crippen molar-refractivity contribution in [1.29, 1.82) is 5.26 Å². The quantitative estimate of drug-likeness (QED) is 0.373. The van der Waals surface area contributed by atoms with Gasteiger partial charge >= 0.3 is 5.97 Å². The SMILES string of the molecule is Cc1cc(C=C(C#N)C(=O)OCC(=O)Nc2ccc(Br)cc2)c(C)n1CC(C)C. The van der Waals surface area contributed by atoms with Gasteiger partial charge in [0.15, 0.2) is 6.61 Å². The number of carbonyl (C=O) groups is 2. The Morgan fingerprint density at radius 1 is 1.28 bits per heavy atom. The van der Waals surface area contributed by atoms with Crippen LogP contribution in [-0.2, 0) is 20.9 Å². The number of halogens is 1. The summed E-state index contributed by atoms with van der Waals surface area (Å²) in [5, 5.41) is 12.0. The van der Waals surface area contributed by atoms with Crippen LogP contribution in [-0.4, -0.2) is 23.1 Å². The Labute approximate surface area is 179 Å². The number of anilines is 1. The van der Waals surface area contributed by atoms with Crippen LogP contribution in [0.4, 0.5) is 5.69 Å². The molecule has 0 spiro atoms. The summed E-state index contributed by atoms with van der Waals surface area (Å²) in [5.41, 5.74) is 3.26. The highest BCUT2D eigenvalue weighted by atomic mass is 79.9. The molecule has 29 heavy (non-hydrogen) atoms. The fraction of sp³-hybridized carbons (Fsp3) is 0.318. The van der Waals surface area contributed by atoms with Crippen molar-refractivity contribution in [1.82, 2.24) is 4.57 Å². The number of hydrogen-bond acceptors (Lipinski definition) is 4. The second-order valence-corrected chi connectivity index (χ2v) is 8.05. The molecular formula is C22H24BrN3O3. The van der Waals surface area contributed by atoms with Crippen molar-refractivity contribution in [2.45, 2.75) is 34.2 Å². The molecule has 0 saturated heterocycles. The summed E-state index contributed by atoms with van der Waals surface area (Å²) in [6, 6.07) is 10.8. The smallest absolute Gasteiger partial charge is 0.349 e. The number of aryl methyl sites for hydroxylation is 1. The molecule has 2 rings (SSSR count). The predicted molar refractivity (Wildman–Crippen MR) is 116 cm³/mol. The number of amides is 1. The first-order chi connectivity index (χ1) is 13.7. The lowest BCUT2D eigenvalue weighted by Crippen LogP contribution is -2.21. The second kappa shape index (κ2) is 10.1. The summed E-state index contributed by atoms with van der Waals surface area (Å²) in [5.74, 6) is -0.832. The summed E-state index contributed by atoms with van der Waals surface area (Å²) in [4.78, 5) is 24.2. The summed E-state index contributed by atoms with van der Waals surface area (Å²) >= 11 is 3.31. The predicted octanol–water partition coefficient (Wildman–Crippen LogP) is 4.61. The molecular weight excluding hydrogens is 434 g/mol. The number of rotatable bonds is 7. The first-order valence-electron chi connectivity index (χ1n) is 9.22. The number of carbonyl (C=O) groups excluding carboxylic acids is 2. The average Bonchev–Trinajstić information content (AvgIpc) is 2.93. The van der Waals surface area contributed by atoms with E-state index in [0.717, 1.165) is 28.0 Å². The van der Waals surface area contributed by atoms with E-state index in [4.69, 9.17) is 4.74 Å². The van der Waals surface area contributed by atoms with Gasteiger partial charge in [0.1, 0.15) is 11.6 Å². The molecule has 7 heteroatoms. The number of nitrogens with one attached hydrogen (secondary N) is 1. The van der Waals surface area contributed by atoms with Crippen LogP contribution >= 0.6 is 15.9 Å². The zero-order valence-electron chi connectivity index (χ0n) is 17.0. The van der Waals surface area contributed by atoms with Crippen LogP contribution in [0, 0.1) is 31.1 Å². The highest BCUT2D eigenvalue weighted by Crippen LogP contribution is 2.20. The lowest BCUT2D eigenvalue weighted by atomic mass is 10.1. The summed E-state index contributed by atoms with van der Waals surface area (Å²) in [6.07, 6.45) is 1.51. The maximum Gasteiger partial charge on any atom is 0.349 e. The van der Waals surface area contributed by atoms with E-state index in [2.05, 4.69) is 39.7 Å². The molecule has 152 valence electrons. The van der Waals surface area contributed by atoms with Crippen molar-refractivity contribution in [3.8, 4) is 6.07 Å². The van der Waals surface area contributed by atoms with Crippen LogP contribution in [0.3, 0.4) is 0 Å². The van der Waals surface area contributed by atoms with Crippen LogP contribution in [0.25, 0.3) is 6.08 Å². The molecule has 0 aliphatic rings. The van der Waals surface area contributed by atoms with Crippen molar-refractivity contribution in [2.24, 2.45) is 5.92 Å². The Bertz CT molecular complexity index is 966. The molecule has 0 unspecified atom stereocenters. The van der Waals surface area contributed by atoms with E-state index in [1.54, 1.807) is 24.3 Å². The lowest BCUT2D eigenvalue weighted by Gasteiger charge is -2.12. The van der Waals surface area contributed by atoms with E-state index in [-0.39, 0.29) is 5.57 Å². The minimum Gasteiger partial charge on any atom is -0.451 e. The molecule has 0 aliphatic heterocycles.